The molecule has 0 saturated heterocycles. The van der Waals surface area contributed by atoms with E-state index in [1.54, 1.807) is 0 Å². The van der Waals surface area contributed by atoms with Gasteiger partial charge in [0.25, 0.3) is 0 Å². The number of anilines is 1. The maximum absolute atomic E-state index is 5.91. The van der Waals surface area contributed by atoms with Crippen molar-refractivity contribution < 1.29 is 4.74 Å². The third kappa shape index (κ3) is 4.21. The van der Waals surface area contributed by atoms with Gasteiger partial charge in [-0.05, 0) is 19.8 Å². The number of hydrogen-bond acceptors (Lipinski definition) is 5. The van der Waals surface area contributed by atoms with Gasteiger partial charge in [0.2, 0.25) is 5.88 Å². The van der Waals surface area contributed by atoms with Crippen LogP contribution in [0.15, 0.2) is 41.7 Å². The van der Waals surface area contributed by atoms with Gasteiger partial charge in [0.05, 0.1) is 5.71 Å². The van der Waals surface area contributed by atoms with Crippen LogP contribution in [0.1, 0.15) is 58.4 Å². The number of nitrogen functional groups attached to an aromatic ring is 1. The van der Waals surface area contributed by atoms with E-state index in [2.05, 4.69) is 21.9 Å². The largest absolute Gasteiger partial charge is 0.463 e. The van der Waals surface area contributed by atoms with E-state index in [0.717, 1.165) is 17.2 Å². The third-order valence-corrected chi connectivity index (χ3v) is 4.90. The molecule has 1 saturated carbocycles. The Morgan fingerprint density at radius 3 is 2.35 bits per heavy atom. The first-order chi connectivity index (χ1) is 12.5. The summed E-state index contributed by atoms with van der Waals surface area (Å²) in [6.07, 6.45) is 8.82. The first-order valence-electron chi connectivity index (χ1n) is 9.41. The van der Waals surface area contributed by atoms with E-state index in [1.165, 1.54) is 38.4 Å². The molecule has 0 amide bonds. The number of hydrogen-bond donors (Lipinski definition) is 1. The van der Waals surface area contributed by atoms with Gasteiger partial charge >= 0.3 is 0 Å². The number of ether oxygens (including phenoxy) is 1. The molecule has 4 rings (SSSR count). The minimum absolute atomic E-state index is 0.328. The molecule has 2 heterocycles. The second-order valence-corrected chi connectivity index (χ2v) is 7.59. The lowest BCUT2D eigenvalue weighted by atomic mass is 9.91. The lowest BCUT2D eigenvalue weighted by Crippen LogP contribution is -2.41. The fourth-order valence-corrected chi connectivity index (χ4v) is 3.41. The highest BCUT2D eigenvalue weighted by Gasteiger charge is 2.34. The fourth-order valence-electron chi connectivity index (χ4n) is 3.41. The summed E-state index contributed by atoms with van der Waals surface area (Å²) in [5.74, 6) is 1.79. The molecule has 2 N–H and O–H groups in total. The predicted octanol–water partition coefficient (Wildman–Crippen LogP) is 4.94. The van der Waals surface area contributed by atoms with Gasteiger partial charge in [-0.2, -0.15) is 4.98 Å². The fraction of sp³-hybridized carbons (Fsp3) is 0.476. The molecule has 5 nitrogen and oxygen atoms in total. The lowest BCUT2D eigenvalue weighted by Gasteiger charge is -2.32. The van der Waals surface area contributed by atoms with E-state index < -0.39 is 5.60 Å². The standard InChI is InChI=1S/C14H14N4O.C7H14/c1-14(2)11(9-6-4-3-5-7-9)18-10-12(15)16-8-17-13(10)19-14;1-7-5-3-2-4-6-7/h3-8H,1-2H3,(H2,15,16,17);7H,2-6H2,1H3. The summed E-state index contributed by atoms with van der Waals surface area (Å²) in [6, 6.07) is 9.89. The predicted molar refractivity (Wildman–Crippen MR) is 106 cm³/mol. The number of aromatic nitrogens is 2. The molecule has 2 aliphatic rings. The van der Waals surface area contributed by atoms with Crippen LogP contribution >= 0.6 is 0 Å². The molecule has 5 heteroatoms. The highest BCUT2D eigenvalue weighted by Crippen LogP contribution is 2.38. The van der Waals surface area contributed by atoms with E-state index in [4.69, 9.17) is 10.5 Å². The van der Waals surface area contributed by atoms with Crippen molar-refractivity contribution in [1.82, 2.24) is 9.97 Å². The Morgan fingerprint density at radius 1 is 1.04 bits per heavy atom. The van der Waals surface area contributed by atoms with Crippen LogP contribution in [0.25, 0.3) is 0 Å². The summed E-state index contributed by atoms with van der Waals surface area (Å²) in [7, 11) is 0. The van der Waals surface area contributed by atoms with Gasteiger partial charge in [0, 0.05) is 5.56 Å². The van der Waals surface area contributed by atoms with Crippen molar-refractivity contribution in [2.24, 2.45) is 10.9 Å². The van der Waals surface area contributed by atoms with Gasteiger partial charge < -0.3 is 10.5 Å². The Morgan fingerprint density at radius 2 is 1.73 bits per heavy atom. The molecule has 1 fully saturated rings. The van der Waals surface area contributed by atoms with Crippen LogP contribution in [-0.4, -0.2) is 21.3 Å². The molecule has 26 heavy (non-hydrogen) atoms. The summed E-state index contributed by atoms with van der Waals surface area (Å²) in [5.41, 5.74) is 7.59. The first kappa shape index (κ1) is 18.4. The Kier molecular flexibility index (Phi) is 5.55. The first-order valence-corrected chi connectivity index (χ1v) is 9.41. The van der Waals surface area contributed by atoms with E-state index in [0.29, 0.717) is 17.4 Å². The summed E-state index contributed by atoms with van der Waals surface area (Å²) in [6.45, 7) is 6.28. The quantitative estimate of drug-likeness (QED) is 0.789. The number of rotatable bonds is 1. The van der Waals surface area contributed by atoms with E-state index in [1.807, 2.05) is 44.2 Å². The van der Waals surface area contributed by atoms with Crippen molar-refractivity contribution in [3.05, 3.63) is 42.2 Å². The van der Waals surface area contributed by atoms with Crippen molar-refractivity contribution in [1.29, 1.82) is 0 Å². The van der Waals surface area contributed by atoms with Crippen LogP contribution in [0.3, 0.4) is 0 Å². The second-order valence-electron chi connectivity index (χ2n) is 7.59. The topological polar surface area (TPSA) is 73.4 Å². The third-order valence-electron chi connectivity index (χ3n) is 4.90. The molecule has 0 unspecified atom stereocenters. The van der Waals surface area contributed by atoms with Crippen LogP contribution in [0.5, 0.6) is 5.88 Å². The second kappa shape index (κ2) is 7.85. The van der Waals surface area contributed by atoms with Crippen molar-refractivity contribution in [3.8, 4) is 5.88 Å². The maximum atomic E-state index is 5.91. The Hall–Kier alpha value is -2.43. The molecule has 1 aliphatic heterocycles. The minimum atomic E-state index is -0.560. The van der Waals surface area contributed by atoms with Gasteiger partial charge in [0.1, 0.15) is 11.9 Å². The summed E-state index contributed by atoms with van der Waals surface area (Å²) >= 11 is 0. The summed E-state index contributed by atoms with van der Waals surface area (Å²) in [4.78, 5) is 12.6. The molecule has 1 aromatic heterocycles. The number of nitrogens with zero attached hydrogens (tertiary/aromatic N) is 3. The average Bonchev–Trinajstić information content (AvgIpc) is 2.63. The van der Waals surface area contributed by atoms with Crippen LogP contribution in [0, 0.1) is 5.92 Å². The van der Waals surface area contributed by atoms with Gasteiger partial charge in [-0.3, -0.25) is 0 Å². The van der Waals surface area contributed by atoms with Gasteiger partial charge in [0.15, 0.2) is 11.5 Å². The zero-order valence-corrected chi connectivity index (χ0v) is 15.9. The molecule has 2 aromatic rings. The smallest absolute Gasteiger partial charge is 0.246 e. The normalized spacial score (nSPS) is 18.7. The highest BCUT2D eigenvalue weighted by atomic mass is 16.5. The van der Waals surface area contributed by atoms with Crippen LogP contribution in [0.2, 0.25) is 0 Å². The van der Waals surface area contributed by atoms with Crippen molar-refractivity contribution in [2.75, 3.05) is 5.73 Å². The Balaban J connectivity index is 0.000000236. The maximum Gasteiger partial charge on any atom is 0.246 e. The number of benzene rings is 1. The van der Waals surface area contributed by atoms with Crippen LogP contribution < -0.4 is 10.5 Å². The summed E-state index contributed by atoms with van der Waals surface area (Å²) in [5, 5.41) is 0. The molecule has 1 aliphatic carbocycles. The number of fused-ring (bicyclic) bond motifs is 1. The molecule has 0 radical (unpaired) electrons. The van der Waals surface area contributed by atoms with E-state index >= 15 is 0 Å². The molecular weight excluding hydrogens is 324 g/mol. The average molecular weight is 352 g/mol. The molecule has 0 atom stereocenters. The van der Waals surface area contributed by atoms with Gasteiger partial charge in [-0.25, -0.2) is 9.98 Å². The Labute approximate surface area is 155 Å². The molecule has 0 spiro atoms. The van der Waals surface area contributed by atoms with E-state index in [9.17, 15) is 0 Å². The number of nitrogens with two attached hydrogens (primary N) is 1. The van der Waals surface area contributed by atoms with E-state index in [-0.39, 0.29) is 0 Å². The van der Waals surface area contributed by atoms with Gasteiger partial charge in [-0.1, -0.05) is 69.4 Å². The highest BCUT2D eigenvalue weighted by molar-refractivity contribution is 6.09. The van der Waals surface area contributed by atoms with Crippen molar-refractivity contribution in [2.45, 2.75) is 58.5 Å². The van der Waals surface area contributed by atoms with Crippen LogP contribution in [0.4, 0.5) is 11.5 Å². The zero-order chi connectivity index (χ0) is 18.6. The zero-order valence-electron chi connectivity index (χ0n) is 15.9. The number of aliphatic imine (C=N–C) groups is 1. The molecule has 1 aromatic carbocycles. The van der Waals surface area contributed by atoms with Gasteiger partial charge in [-0.15, -0.1) is 0 Å². The summed E-state index contributed by atoms with van der Waals surface area (Å²) < 4.78 is 5.91. The monoisotopic (exact) mass is 352 g/mol. The van der Waals surface area contributed by atoms with Crippen LogP contribution in [-0.2, 0) is 0 Å². The minimum Gasteiger partial charge on any atom is -0.463 e. The molecule has 138 valence electrons. The SMILES string of the molecule is CC1(C)Oc2ncnc(N)c2N=C1c1ccccc1.CC1CCCCC1. The lowest BCUT2D eigenvalue weighted by molar-refractivity contribution is 0.171. The van der Waals surface area contributed by atoms with Crippen molar-refractivity contribution in [3.63, 3.8) is 0 Å². The Bertz CT molecular complexity index is 765. The molecule has 0 bridgehead atoms. The molecular formula is C21H28N4O. The van der Waals surface area contributed by atoms with Crippen molar-refractivity contribution >= 4 is 17.2 Å².